The van der Waals surface area contributed by atoms with E-state index in [9.17, 15) is 9.90 Å². The molecule has 0 bridgehead atoms. The van der Waals surface area contributed by atoms with Gasteiger partial charge in [0, 0.05) is 39.3 Å². The number of hydrogen-bond acceptors (Lipinski definition) is 5. The largest absolute Gasteiger partial charge is 0.491 e. The Morgan fingerprint density at radius 3 is 2.38 bits per heavy atom. The van der Waals surface area contributed by atoms with E-state index in [4.69, 9.17) is 4.74 Å². The van der Waals surface area contributed by atoms with Crippen LogP contribution in [0.2, 0.25) is 0 Å². The number of nitrogens with one attached hydrogen (secondary N) is 1. The summed E-state index contributed by atoms with van der Waals surface area (Å²) in [6, 6.07) is 6.08. The van der Waals surface area contributed by atoms with Gasteiger partial charge in [-0.1, -0.05) is 13.0 Å². The number of nitrogens with zero attached hydrogens (tertiary/aromatic N) is 2. The molecule has 0 aliphatic carbocycles. The Bertz CT molecular complexity index is 551. The van der Waals surface area contributed by atoms with Crippen LogP contribution in [0.15, 0.2) is 18.2 Å². The number of ether oxygens (including phenoxy) is 1. The first-order valence-electron chi connectivity index (χ1n) is 9.57. The molecule has 0 saturated carbocycles. The molecule has 1 aliphatic heterocycles. The third kappa shape index (κ3) is 7.32. The van der Waals surface area contributed by atoms with Crippen molar-refractivity contribution in [1.82, 2.24) is 15.1 Å². The minimum Gasteiger partial charge on any atom is -0.491 e. The third-order valence-electron chi connectivity index (χ3n) is 4.51. The van der Waals surface area contributed by atoms with Crippen LogP contribution in [0.5, 0.6) is 5.75 Å². The Morgan fingerprint density at radius 2 is 1.77 bits per heavy atom. The predicted octanol–water partition coefficient (Wildman–Crippen LogP) is 1.19. The summed E-state index contributed by atoms with van der Waals surface area (Å²) in [5, 5.41) is 13.2. The number of hydrogen-bond donors (Lipinski definition) is 2. The Morgan fingerprint density at radius 1 is 1.15 bits per heavy atom. The summed E-state index contributed by atoms with van der Waals surface area (Å²) in [5.41, 5.74) is 2.32. The summed E-state index contributed by atoms with van der Waals surface area (Å²) in [4.78, 5) is 16.2. The highest BCUT2D eigenvalue weighted by Gasteiger charge is 2.20. The van der Waals surface area contributed by atoms with Crippen LogP contribution in [-0.2, 0) is 4.79 Å². The second-order valence-electron chi connectivity index (χ2n) is 7.21. The normalized spacial score (nSPS) is 17.1. The van der Waals surface area contributed by atoms with Crippen molar-refractivity contribution in [3.05, 3.63) is 29.3 Å². The van der Waals surface area contributed by atoms with E-state index in [0.717, 1.165) is 56.0 Å². The van der Waals surface area contributed by atoms with Crippen molar-refractivity contribution in [2.75, 3.05) is 52.4 Å². The van der Waals surface area contributed by atoms with Gasteiger partial charge in [0.1, 0.15) is 18.5 Å². The molecular formula is C20H33N3O3. The molecule has 26 heavy (non-hydrogen) atoms. The van der Waals surface area contributed by atoms with Crippen LogP contribution < -0.4 is 10.1 Å². The van der Waals surface area contributed by atoms with E-state index in [1.807, 2.05) is 32.9 Å². The highest BCUT2D eigenvalue weighted by atomic mass is 16.5. The summed E-state index contributed by atoms with van der Waals surface area (Å²) in [7, 11) is 0. The van der Waals surface area contributed by atoms with Gasteiger partial charge in [-0.2, -0.15) is 0 Å². The van der Waals surface area contributed by atoms with Gasteiger partial charge in [0.2, 0.25) is 5.91 Å². The molecule has 1 atom stereocenters. The maximum absolute atomic E-state index is 11.8. The average Bonchev–Trinajstić information content (AvgIpc) is 2.59. The van der Waals surface area contributed by atoms with Gasteiger partial charge in [0.25, 0.3) is 0 Å². The number of amides is 1. The van der Waals surface area contributed by atoms with Gasteiger partial charge in [-0.25, -0.2) is 0 Å². The third-order valence-corrected chi connectivity index (χ3v) is 4.51. The number of β-amino-alcohol motifs (C(OH)–C–C–N with tert-alkyl or cyclic N) is 1. The van der Waals surface area contributed by atoms with E-state index in [1.54, 1.807) is 0 Å². The van der Waals surface area contributed by atoms with Crippen LogP contribution in [-0.4, -0.2) is 79.3 Å². The molecule has 0 spiro atoms. The van der Waals surface area contributed by atoms with Crippen LogP contribution in [0.25, 0.3) is 0 Å². The second kappa shape index (κ2) is 10.5. The fourth-order valence-electron chi connectivity index (χ4n) is 3.21. The molecule has 2 rings (SSSR count). The average molecular weight is 364 g/mol. The summed E-state index contributed by atoms with van der Waals surface area (Å²) >= 11 is 0. The lowest BCUT2D eigenvalue weighted by Gasteiger charge is -2.35. The van der Waals surface area contributed by atoms with E-state index in [0.29, 0.717) is 19.7 Å². The minimum absolute atomic E-state index is 0.0992. The fourth-order valence-corrected chi connectivity index (χ4v) is 3.21. The molecule has 0 aromatic heterocycles. The number of rotatable bonds is 9. The van der Waals surface area contributed by atoms with Gasteiger partial charge < -0.3 is 15.2 Å². The van der Waals surface area contributed by atoms with Gasteiger partial charge in [0.05, 0.1) is 6.54 Å². The first kappa shape index (κ1) is 20.7. The van der Waals surface area contributed by atoms with Crippen molar-refractivity contribution in [3.8, 4) is 5.75 Å². The van der Waals surface area contributed by atoms with Crippen molar-refractivity contribution in [1.29, 1.82) is 0 Å². The molecule has 1 aliphatic rings. The fraction of sp³-hybridized carbons (Fsp3) is 0.650. The standard InChI is InChI=1S/C20H33N3O3/c1-4-5-21-20(25)14-23-8-6-22(7-9-23)13-18(24)15-26-19-11-16(2)10-17(3)12-19/h10-12,18,24H,4-9,13-15H2,1-3H3,(H,21,25). The Hall–Kier alpha value is -1.63. The molecule has 1 aromatic rings. The zero-order valence-electron chi connectivity index (χ0n) is 16.3. The van der Waals surface area contributed by atoms with E-state index in [1.165, 1.54) is 0 Å². The predicted molar refractivity (Wildman–Crippen MR) is 104 cm³/mol. The Kier molecular flexibility index (Phi) is 8.35. The molecular weight excluding hydrogens is 330 g/mol. The van der Waals surface area contributed by atoms with Crippen molar-refractivity contribution >= 4 is 5.91 Å². The van der Waals surface area contributed by atoms with E-state index >= 15 is 0 Å². The van der Waals surface area contributed by atoms with Crippen molar-refractivity contribution in [2.24, 2.45) is 0 Å². The molecule has 1 fully saturated rings. The summed E-state index contributed by atoms with van der Waals surface area (Å²) in [5.74, 6) is 0.909. The lowest BCUT2D eigenvalue weighted by atomic mass is 10.1. The van der Waals surface area contributed by atoms with E-state index in [-0.39, 0.29) is 5.91 Å². The highest BCUT2D eigenvalue weighted by Crippen LogP contribution is 2.16. The van der Waals surface area contributed by atoms with Gasteiger partial charge in [0.15, 0.2) is 0 Å². The molecule has 1 saturated heterocycles. The number of aliphatic hydroxyl groups excluding tert-OH is 1. The molecule has 1 heterocycles. The van der Waals surface area contributed by atoms with Crippen LogP contribution in [0, 0.1) is 13.8 Å². The molecule has 1 unspecified atom stereocenters. The quantitative estimate of drug-likeness (QED) is 0.690. The monoisotopic (exact) mass is 363 g/mol. The number of piperazine rings is 1. The van der Waals surface area contributed by atoms with Crippen LogP contribution >= 0.6 is 0 Å². The zero-order chi connectivity index (χ0) is 18.9. The lowest BCUT2D eigenvalue weighted by Crippen LogP contribution is -2.51. The smallest absolute Gasteiger partial charge is 0.234 e. The zero-order valence-corrected chi connectivity index (χ0v) is 16.3. The second-order valence-corrected chi connectivity index (χ2v) is 7.21. The minimum atomic E-state index is -0.518. The van der Waals surface area contributed by atoms with E-state index < -0.39 is 6.10 Å². The number of benzene rings is 1. The maximum atomic E-state index is 11.8. The van der Waals surface area contributed by atoms with Gasteiger partial charge in [-0.15, -0.1) is 0 Å². The van der Waals surface area contributed by atoms with E-state index in [2.05, 4.69) is 21.2 Å². The first-order valence-corrected chi connectivity index (χ1v) is 9.57. The Balaban J connectivity index is 1.66. The molecule has 1 amide bonds. The summed E-state index contributed by atoms with van der Waals surface area (Å²) in [6.45, 7) is 11.7. The number of carbonyl (C=O) groups excluding carboxylic acids is 1. The topological polar surface area (TPSA) is 65.0 Å². The van der Waals surface area contributed by atoms with Crippen molar-refractivity contribution in [3.63, 3.8) is 0 Å². The summed E-state index contributed by atoms with van der Waals surface area (Å²) in [6.07, 6.45) is 0.442. The maximum Gasteiger partial charge on any atom is 0.234 e. The van der Waals surface area contributed by atoms with Gasteiger partial charge >= 0.3 is 0 Å². The summed E-state index contributed by atoms with van der Waals surface area (Å²) < 4.78 is 5.74. The molecule has 2 N–H and O–H groups in total. The van der Waals surface area contributed by atoms with Crippen LogP contribution in [0.3, 0.4) is 0 Å². The van der Waals surface area contributed by atoms with Crippen molar-refractivity contribution < 1.29 is 14.6 Å². The molecule has 146 valence electrons. The first-order chi connectivity index (χ1) is 12.5. The number of aryl methyl sites for hydroxylation is 2. The van der Waals surface area contributed by atoms with Gasteiger partial charge in [-0.05, 0) is 43.5 Å². The van der Waals surface area contributed by atoms with Crippen molar-refractivity contribution in [2.45, 2.75) is 33.3 Å². The van der Waals surface area contributed by atoms with Gasteiger partial charge in [-0.3, -0.25) is 14.6 Å². The number of carbonyl (C=O) groups is 1. The Labute approximate surface area is 157 Å². The highest BCUT2D eigenvalue weighted by molar-refractivity contribution is 5.77. The molecule has 6 heteroatoms. The molecule has 0 radical (unpaired) electrons. The lowest BCUT2D eigenvalue weighted by molar-refractivity contribution is -0.122. The number of aliphatic hydroxyl groups is 1. The molecule has 6 nitrogen and oxygen atoms in total. The molecule has 1 aromatic carbocycles. The van der Waals surface area contributed by atoms with Crippen LogP contribution in [0.1, 0.15) is 24.5 Å². The SMILES string of the molecule is CCCNC(=O)CN1CCN(CC(O)COc2cc(C)cc(C)c2)CC1. The van der Waals surface area contributed by atoms with Crippen LogP contribution in [0.4, 0.5) is 0 Å².